The molecule has 0 radical (unpaired) electrons. The molecule has 2 unspecified atom stereocenters. The van der Waals surface area contributed by atoms with E-state index in [-0.39, 0.29) is 138 Å². The van der Waals surface area contributed by atoms with Crippen molar-refractivity contribution in [3.63, 3.8) is 0 Å². The number of H-pyrrole nitrogens is 2. The largest absolute Gasteiger partial charge is 0.481 e. The first kappa shape index (κ1) is 109. The lowest BCUT2D eigenvalue weighted by molar-refractivity contribution is -0.141. The number of amides is 13. The molecule has 792 valence electrons. The molecule has 8 aliphatic rings. The molecule has 6 fully saturated rings. The molecule has 11 N–H and O–H groups in total. The molecule has 6 saturated heterocycles. The number of hydrogen-bond donors (Lipinski definition) is 10. The number of carbonyl (C=O) groups excluding carboxylic acids is 13. The van der Waals surface area contributed by atoms with Crippen molar-refractivity contribution in [2.75, 3.05) is 148 Å². The van der Waals surface area contributed by atoms with Crippen LogP contribution in [0.5, 0.6) is 0 Å². The van der Waals surface area contributed by atoms with Crippen molar-refractivity contribution in [1.82, 2.24) is 65.3 Å². The molecule has 0 aliphatic carbocycles. The summed E-state index contributed by atoms with van der Waals surface area (Å²) in [6, 6.07) is 20.8. The summed E-state index contributed by atoms with van der Waals surface area (Å²) in [5.41, 5.74) is 2.97. The predicted octanol–water partition coefficient (Wildman–Crippen LogP) is 9.64. The summed E-state index contributed by atoms with van der Waals surface area (Å²) in [7, 11) is 3.93. The Balaban J connectivity index is 0.000000198. The van der Waals surface area contributed by atoms with Gasteiger partial charge in [-0.25, -0.2) is 18.7 Å². The van der Waals surface area contributed by atoms with E-state index in [2.05, 4.69) is 61.6 Å². The number of aliphatic carboxylic acids is 1. The molecule has 4 aromatic heterocycles. The van der Waals surface area contributed by atoms with Crippen molar-refractivity contribution in [3.05, 3.63) is 204 Å². The number of anilines is 7. The standard InChI is InChI=1S/C51H57F4N11O8.C33H37F4N7O5.C19H23N3O4/c1-29-27-65(28-30(2)62(29)3)40-24-36(52)33(22-38(40)60-47(71)34-26-59-44(69)23-35(34)51(53,54)55)31-10-12-41(58-25-31)63-18-20-64(21-19-63)45(70)15-14-42(67)57-17-6-4-5-16-56-37-9-7-8-32-46(37)50(74)66(49(32)73)39-11-13-43(68)61-48(39)72;1-19-17-44(18-20(2)41(19)3)27-14-25(34)22(12-26(27)40-32(49)23-16-39-29(45)13-24(23)33(35,36)37)21-4-5-28(38-15-21)42-8-10-43(11-9-42)30(46)6-7-31(47)48;20-11-4-2-1-3-6-12-7-5-8-13-16(12)19(26)22(18(13)25)14-9-10-15(23)21-17(14)24/h7-10,12,22-26,29-30,39,56H,4-6,11,13-21,27-28H2,1-3H3,(H,57,67)(H,59,69)(H,60,71)(H,61,68,72);4-5,12-16,19-20H,6-11,17-18H2,1-3H3,(H,39,45)(H,40,49)(H,47,48);5,7-8,14H,1-4,6,9-11,20H2,(H,21,23,24)/t29-,30+,39?;19-,20+;. The molecule has 13 amide bonds. The summed E-state index contributed by atoms with van der Waals surface area (Å²) >= 11 is 0. The number of hydrogen-bond acceptors (Lipinski definition) is 26. The van der Waals surface area contributed by atoms with Crippen molar-refractivity contribution in [2.45, 2.75) is 179 Å². The highest BCUT2D eigenvalue weighted by Gasteiger charge is 2.49. The maximum atomic E-state index is 16.2. The van der Waals surface area contributed by atoms with Gasteiger partial charge in [-0.15, -0.1) is 0 Å². The maximum Gasteiger partial charge on any atom is 0.417 e. The molecule has 8 aliphatic heterocycles. The summed E-state index contributed by atoms with van der Waals surface area (Å²) in [6.07, 6.45) is 1.21. The van der Waals surface area contributed by atoms with Gasteiger partial charge in [-0.1, -0.05) is 31.0 Å². The van der Waals surface area contributed by atoms with E-state index in [0.29, 0.717) is 187 Å². The Hall–Kier alpha value is -15.2. The van der Waals surface area contributed by atoms with E-state index in [0.717, 1.165) is 47.5 Å². The molecular weight excluding hydrogens is 1960 g/mol. The molecule has 12 heterocycles. The lowest BCUT2D eigenvalue weighted by atomic mass is 9.97. The van der Waals surface area contributed by atoms with Gasteiger partial charge < -0.3 is 71.5 Å². The van der Waals surface area contributed by atoms with Gasteiger partial charge in [-0.05, 0) is 172 Å². The highest BCUT2D eigenvalue weighted by molar-refractivity contribution is 6.26. The van der Waals surface area contributed by atoms with E-state index in [1.54, 1.807) is 58.3 Å². The summed E-state index contributed by atoms with van der Waals surface area (Å²) in [4.78, 5) is 229. The van der Waals surface area contributed by atoms with E-state index in [4.69, 9.17) is 10.8 Å². The minimum Gasteiger partial charge on any atom is -0.481 e. The highest BCUT2D eigenvalue weighted by Crippen LogP contribution is 2.43. The van der Waals surface area contributed by atoms with Crippen LogP contribution in [0.25, 0.3) is 22.3 Å². The van der Waals surface area contributed by atoms with Crippen LogP contribution in [-0.4, -0.2) is 286 Å². The predicted molar refractivity (Wildman–Crippen MR) is 534 cm³/mol. The van der Waals surface area contributed by atoms with Crippen LogP contribution >= 0.6 is 0 Å². The minimum absolute atomic E-state index is 0.0175. The fourth-order valence-electron chi connectivity index (χ4n) is 19.5. The maximum absolute atomic E-state index is 16.2. The fraction of sp³-hybridized carbons (Fsp3) is 0.437. The monoisotopic (exact) mass is 2070 g/mol. The molecular formula is C103H117F8N21O17. The van der Waals surface area contributed by atoms with Gasteiger partial charge in [0.2, 0.25) is 52.5 Å². The van der Waals surface area contributed by atoms with Crippen molar-refractivity contribution >= 4 is 123 Å². The molecule has 8 aromatic rings. The number of aromatic nitrogens is 4. The molecule has 16 rings (SSSR count). The van der Waals surface area contributed by atoms with Crippen LogP contribution in [0.1, 0.15) is 203 Å². The second-order valence-corrected chi connectivity index (χ2v) is 38.1. The Labute approximate surface area is 850 Å². The Bertz CT molecular complexity index is 6550. The van der Waals surface area contributed by atoms with Crippen LogP contribution in [-0.2, 0) is 57.1 Å². The number of aromatic amines is 2. The van der Waals surface area contributed by atoms with Gasteiger partial charge in [-0.3, -0.25) is 107 Å². The molecule has 0 bridgehead atoms. The van der Waals surface area contributed by atoms with Gasteiger partial charge in [-0.2, -0.15) is 26.3 Å². The SMILES string of the molecule is C[C@@H]1CN(c2cc(F)c(-c3ccc(N4CCN(C(=O)CCC(=O)NCCCCCNc5cccc6c5C(=O)N(C5CCC(=O)NC5=O)C6=O)CC4)nc3)cc2NC(=O)c2c[nH]c(=O)cc2C(F)(F)F)C[C@H](C)N1C.C[C@@H]1CN(c2cc(F)c(-c3ccc(N4CCN(C(=O)CCC(=O)O)CC4)nc3)cc2NC(=O)c2c[nH]c(=O)cc2C(F)(F)F)C[C@H](C)N1C.NCCCCCCc1cccc2c1C(=O)N(C1CCC(=O)NC1=O)C2=O. The Morgan fingerprint density at radius 1 is 0.463 bits per heavy atom. The number of fused-ring (bicyclic) bond motifs is 2. The molecule has 6 atom stereocenters. The number of imide groups is 4. The van der Waals surface area contributed by atoms with Crippen LogP contribution in [0.3, 0.4) is 0 Å². The highest BCUT2D eigenvalue weighted by atomic mass is 19.4. The number of carbonyl (C=O) groups is 14. The Morgan fingerprint density at radius 3 is 1.32 bits per heavy atom. The zero-order chi connectivity index (χ0) is 107. The summed E-state index contributed by atoms with van der Waals surface area (Å²) in [6.45, 7) is 14.6. The number of pyridine rings is 4. The van der Waals surface area contributed by atoms with Gasteiger partial charge in [0.05, 0.1) is 73.7 Å². The smallest absolute Gasteiger partial charge is 0.417 e. The Kier molecular flexibility index (Phi) is 35.1. The molecule has 0 saturated carbocycles. The lowest BCUT2D eigenvalue weighted by Crippen LogP contribution is -2.55. The van der Waals surface area contributed by atoms with E-state index in [1.165, 1.54) is 42.7 Å². The van der Waals surface area contributed by atoms with Gasteiger partial charge >= 0.3 is 18.3 Å². The number of benzene rings is 4. The number of carboxylic acid groups (broad SMARTS) is 1. The second kappa shape index (κ2) is 47.7. The number of carboxylic acids is 1. The third-order valence-electron chi connectivity index (χ3n) is 28.1. The molecule has 38 nitrogen and oxygen atoms in total. The van der Waals surface area contributed by atoms with E-state index < -0.39 is 129 Å². The fourth-order valence-corrected chi connectivity index (χ4v) is 19.5. The van der Waals surface area contributed by atoms with E-state index in [9.17, 15) is 103 Å². The number of nitrogens with two attached hydrogens (primary N) is 1. The topological polar surface area (TPSA) is 481 Å². The van der Waals surface area contributed by atoms with E-state index in [1.807, 2.05) is 67.5 Å². The zero-order valence-electron chi connectivity index (χ0n) is 82.9. The number of unbranched alkanes of at least 4 members (excludes halogenated alkanes) is 5. The quantitative estimate of drug-likeness (QED) is 0.0110. The first-order valence-corrected chi connectivity index (χ1v) is 49.4. The van der Waals surface area contributed by atoms with Crippen molar-refractivity contribution < 1.29 is 107 Å². The number of nitrogens with zero attached hydrogens (tertiary/aromatic N) is 12. The number of piperazine rings is 4. The van der Waals surface area contributed by atoms with Gasteiger partial charge in [0.1, 0.15) is 35.4 Å². The molecule has 46 heteroatoms. The normalized spacial score (nSPS) is 19.2. The van der Waals surface area contributed by atoms with Crippen molar-refractivity contribution in [1.29, 1.82) is 0 Å². The number of nitrogens with one attached hydrogen (secondary N) is 8. The van der Waals surface area contributed by atoms with Gasteiger partial charge in [0.25, 0.3) is 35.4 Å². The van der Waals surface area contributed by atoms with E-state index >= 15 is 8.78 Å². The number of likely N-dealkylation sites (N-methyl/N-ethyl adjacent to an activating group) is 2. The molecule has 149 heavy (non-hydrogen) atoms. The number of aryl methyl sites for hydroxylation is 1. The van der Waals surface area contributed by atoms with Crippen molar-refractivity contribution in [2.24, 2.45) is 5.73 Å². The first-order valence-electron chi connectivity index (χ1n) is 49.4. The lowest BCUT2D eigenvalue weighted by Gasteiger charge is -2.44. The van der Waals surface area contributed by atoms with Crippen LogP contribution in [0.15, 0.2) is 131 Å². The van der Waals surface area contributed by atoms with Crippen LogP contribution < -0.4 is 68.4 Å². The van der Waals surface area contributed by atoms with Crippen LogP contribution in [0, 0.1) is 11.6 Å². The molecule has 4 aromatic carbocycles. The first-order chi connectivity index (χ1) is 70.9. The van der Waals surface area contributed by atoms with Gasteiger partial charge in [0.15, 0.2) is 0 Å². The second-order valence-electron chi connectivity index (χ2n) is 38.1. The number of alkyl halides is 6. The summed E-state index contributed by atoms with van der Waals surface area (Å²) in [5, 5.41) is 24.4. The number of halogens is 8. The van der Waals surface area contributed by atoms with Gasteiger partial charge in [0, 0.05) is 213 Å². The van der Waals surface area contributed by atoms with Crippen LogP contribution in [0.4, 0.5) is 75.2 Å². The summed E-state index contributed by atoms with van der Waals surface area (Å²) in [5.74, 6) is -8.25. The average Bonchev–Trinajstić information content (AvgIpc) is 1.40. The molecule has 0 spiro atoms. The number of rotatable bonds is 31. The Morgan fingerprint density at radius 2 is 0.886 bits per heavy atom. The third kappa shape index (κ3) is 26.0. The van der Waals surface area contributed by atoms with Crippen molar-refractivity contribution in [3.8, 4) is 22.3 Å². The number of piperidine rings is 2. The average molecular weight is 2070 g/mol. The van der Waals surface area contributed by atoms with Crippen LogP contribution in [0.2, 0.25) is 0 Å². The third-order valence-corrected chi connectivity index (χ3v) is 28.1. The summed E-state index contributed by atoms with van der Waals surface area (Å²) < 4.78 is 115. The zero-order valence-corrected chi connectivity index (χ0v) is 82.9. The minimum atomic E-state index is -5.00.